The van der Waals surface area contributed by atoms with Crippen LogP contribution in [0.2, 0.25) is 0 Å². The summed E-state index contributed by atoms with van der Waals surface area (Å²) < 4.78 is 1.06. The van der Waals surface area contributed by atoms with Crippen LogP contribution in [0.15, 0.2) is 24.3 Å². The van der Waals surface area contributed by atoms with Gasteiger partial charge in [-0.05, 0) is 53.6 Å². The van der Waals surface area contributed by atoms with E-state index in [4.69, 9.17) is 5.26 Å². The van der Waals surface area contributed by atoms with Crippen LogP contribution in [0.1, 0.15) is 29.6 Å². The number of rotatable bonds is 4. The molecule has 17 heavy (non-hydrogen) atoms. The first-order valence-electron chi connectivity index (χ1n) is 5.66. The van der Waals surface area contributed by atoms with Gasteiger partial charge in [-0.2, -0.15) is 5.26 Å². The first-order valence-corrected chi connectivity index (χ1v) is 6.73. The summed E-state index contributed by atoms with van der Waals surface area (Å²) in [5, 5.41) is 8.62. The molecule has 0 unspecified atom stereocenters. The summed E-state index contributed by atoms with van der Waals surface area (Å²) in [6, 6.07) is 10.1. The van der Waals surface area contributed by atoms with Crippen molar-refractivity contribution in [2.45, 2.75) is 25.3 Å². The van der Waals surface area contributed by atoms with Crippen molar-refractivity contribution < 1.29 is 4.79 Å². The van der Waals surface area contributed by atoms with Crippen LogP contribution >= 0.6 is 22.6 Å². The number of hydrogen-bond donors (Lipinski definition) is 0. The second-order valence-corrected chi connectivity index (χ2v) is 5.39. The van der Waals surface area contributed by atoms with Gasteiger partial charge in [0.1, 0.15) is 0 Å². The third kappa shape index (κ3) is 3.19. The molecule has 0 spiro atoms. The molecule has 4 heteroatoms. The minimum atomic E-state index is 0.0567. The monoisotopic (exact) mass is 340 g/mol. The minimum absolute atomic E-state index is 0.0567. The van der Waals surface area contributed by atoms with Gasteiger partial charge in [-0.3, -0.25) is 4.79 Å². The van der Waals surface area contributed by atoms with Gasteiger partial charge in [0.25, 0.3) is 5.91 Å². The zero-order valence-corrected chi connectivity index (χ0v) is 11.6. The van der Waals surface area contributed by atoms with Gasteiger partial charge in [-0.25, -0.2) is 0 Å². The Morgan fingerprint density at radius 2 is 2.29 bits per heavy atom. The average Bonchev–Trinajstić information content (AvgIpc) is 3.14. The van der Waals surface area contributed by atoms with E-state index in [2.05, 4.69) is 28.7 Å². The SMILES string of the molecule is N#CCCN(C(=O)c1cccc(I)c1)C1CC1. The van der Waals surface area contributed by atoms with Crippen LogP contribution in [-0.2, 0) is 0 Å². The van der Waals surface area contributed by atoms with Crippen LogP contribution in [0, 0.1) is 14.9 Å². The molecule has 3 nitrogen and oxygen atoms in total. The van der Waals surface area contributed by atoms with Crippen molar-refractivity contribution in [3.8, 4) is 6.07 Å². The van der Waals surface area contributed by atoms with Gasteiger partial charge in [-0.1, -0.05) is 6.07 Å². The molecule has 1 aromatic rings. The highest BCUT2D eigenvalue weighted by Crippen LogP contribution is 2.28. The molecule has 2 rings (SSSR count). The van der Waals surface area contributed by atoms with Gasteiger partial charge in [0.15, 0.2) is 0 Å². The van der Waals surface area contributed by atoms with Crippen LogP contribution in [-0.4, -0.2) is 23.4 Å². The number of benzene rings is 1. The largest absolute Gasteiger partial charge is 0.335 e. The Labute approximate surface area is 115 Å². The van der Waals surface area contributed by atoms with Gasteiger partial charge in [0, 0.05) is 21.7 Å². The molecular formula is C13H13IN2O. The molecule has 0 aliphatic heterocycles. The topological polar surface area (TPSA) is 44.1 Å². The van der Waals surface area contributed by atoms with Gasteiger partial charge >= 0.3 is 0 Å². The minimum Gasteiger partial charge on any atom is -0.335 e. The van der Waals surface area contributed by atoms with E-state index in [1.807, 2.05) is 29.2 Å². The van der Waals surface area contributed by atoms with E-state index < -0.39 is 0 Å². The molecule has 0 aromatic heterocycles. The molecule has 1 aliphatic rings. The highest BCUT2D eigenvalue weighted by atomic mass is 127. The smallest absolute Gasteiger partial charge is 0.254 e. The van der Waals surface area contributed by atoms with Gasteiger partial charge < -0.3 is 4.90 Å². The van der Waals surface area contributed by atoms with Crippen LogP contribution in [0.5, 0.6) is 0 Å². The zero-order valence-electron chi connectivity index (χ0n) is 9.40. The van der Waals surface area contributed by atoms with E-state index in [9.17, 15) is 4.79 Å². The molecule has 1 amide bonds. The second-order valence-electron chi connectivity index (χ2n) is 4.15. The summed E-state index contributed by atoms with van der Waals surface area (Å²) in [6.07, 6.45) is 2.55. The van der Waals surface area contributed by atoms with E-state index >= 15 is 0 Å². The van der Waals surface area contributed by atoms with Crippen LogP contribution in [0.4, 0.5) is 0 Å². The molecule has 88 valence electrons. The first-order chi connectivity index (χ1) is 8.22. The predicted octanol–water partition coefficient (Wildman–Crippen LogP) is 2.81. The molecule has 0 atom stereocenters. The molecule has 1 fully saturated rings. The van der Waals surface area contributed by atoms with Crippen molar-refractivity contribution in [2.24, 2.45) is 0 Å². The Morgan fingerprint density at radius 3 is 2.88 bits per heavy atom. The lowest BCUT2D eigenvalue weighted by molar-refractivity contribution is 0.0747. The van der Waals surface area contributed by atoms with Crippen molar-refractivity contribution in [1.29, 1.82) is 5.26 Å². The third-order valence-electron chi connectivity index (χ3n) is 2.78. The van der Waals surface area contributed by atoms with Crippen molar-refractivity contribution in [2.75, 3.05) is 6.54 Å². The molecule has 0 radical (unpaired) electrons. The molecule has 0 bridgehead atoms. The molecule has 0 saturated heterocycles. The lowest BCUT2D eigenvalue weighted by Crippen LogP contribution is -2.33. The molecule has 1 saturated carbocycles. The second kappa shape index (κ2) is 5.50. The van der Waals surface area contributed by atoms with Gasteiger partial charge in [0.2, 0.25) is 0 Å². The van der Waals surface area contributed by atoms with Crippen molar-refractivity contribution in [1.82, 2.24) is 4.90 Å². The summed E-state index contributed by atoms with van der Waals surface area (Å²) in [6.45, 7) is 0.547. The molecular weight excluding hydrogens is 327 g/mol. The van der Waals surface area contributed by atoms with Crippen LogP contribution in [0.3, 0.4) is 0 Å². The Morgan fingerprint density at radius 1 is 1.53 bits per heavy atom. The van der Waals surface area contributed by atoms with E-state index in [-0.39, 0.29) is 5.91 Å². The maximum absolute atomic E-state index is 12.3. The highest BCUT2D eigenvalue weighted by Gasteiger charge is 2.32. The highest BCUT2D eigenvalue weighted by molar-refractivity contribution is 14.1. The summed E-state index contributed by atoms with van der Waals surface area (Å²) >= 11 is 2.20. The van der Waals surface area contributed by atoms with Gasteiger partial charge in [-0.15, -0.1) is 0 Å². The lowest BCUT2D eigenvalue weighted by atomic mass is 10.2. The number of carbonyl (C=O) groups excluding carboxylic acids is 1. The van der Waals surface area contributed by atoms with E-state index in [1.165, 1.54) is 0 Å². The van der Waals surface area contributed by atoms with Gasteiger partial charge in [0.05, 0.1) is 12.5 Å². The number of hydrogen-bond acceptors (Lipinski definition) is 2. The van der Waals surface area contributed by atoms with Crippen molar-refractivity contribution in [3.05, 3.63) is 33.4 Å². The molecule has 1 aromatic carbocycles. The van der Waals surface area contributed by atoms with Crippen molar-refractivity contribution in [3.63, 3.8) is 0 Å². The summed E-state index contributed by atoms with van der Waals surface area (Å²) in [5.74, 6) is 0.0567. The van der Waals surface area contributed by atoms with E-state index in [1.54, 1.807) is 0 Å². The summed E-state index contributed by atoms with van der Waals surface area (Å²) in [7, 11) is 0. The molecule has 0 heterocycles. The number of halogens is 1. The third-order valence-corrected chi connectivity index (χ3v) is 3.46. The fourth-order valence-electron chi connectivity index (χ4n) is 1.79. The van der Waals surface area contributed by atoms with E-state index in [0.717, 1.165) is 22.0 Å². The number of carbonyl (C=O) groups is 1. The van der Waals surface area contributed by atoms with Crippen LogP contribution < -0.4 is 0 Å². The molecule has 0 N–H and O–H groups in total. The number of amides is 1. The van der Waals surface area contributed by atoms with Crippen LogP contribution in [0.25, 0.3) is 0 Å². The maximum Gasteiger partial charge on any atom is 0.254 e. The number of nitriles is 1. The van der Waals surface area contributed by atoms with Crippen molar-refractivity contribution >= 4 is 28.5 Å². The standard InChI is InChI=1S/C13H13IN2O/c14-11-4-1-3-10(9-11)13(17)16(8-2-7-15)12-5-6-12/h1,3-4,9,12H,2,5-6,8H2. The fraction of sp³-hybridized carbons (Fsp3) is 0.385. The first kappa shape index (κ1) is 12.4. The van der Waals surface area contributed by atoms with E-state index in [0.29, 0.717) is 19.0 Å². The average molecular weight is 340 g/mol. The number of nitrogens with zero attached hydrogens (tertiary/aromatic N) is 2. The summed E-state index contributed by atoms with van der Waals surface area (Å²) in [5.41, 5.74) is 0.724. The lowest BCUT2D eigenvalue weighted by Gasteiger charge is -2.21. The maximum atomic E-state index is 12.3. The quantitative estimate of drug-likeness (QED) is 0.791. The summed E-state index contributed by atoms with van der Waals surface area (Å²) in [4.78, 5) is 14.1. The zero-order chi connectivity index (χ0) is 12.3. The predicted molar refractivity (Wildman–Crippen MR) is 73.4 cm³/mol. The normalized spacial score (nSPS) is 14.1. The Hall–Kier alpha value is -1.09. The Bertz CT molecular complexity index is 463. The Balaban J connectivity index is 2.13. The Kier molecular flexibility index (Phi) is 4.00. The fourth-order valence-corrected chi connectivity index (χ4v) is 2.34. The molecule has 1 aliphatic carbocycles.